The number of fused-ring (bicyclic) bond motifs is 1. The van der Waals surface area contributed by atoms with Crippen LogP contribution >= 0.6 is 0 Å². The molecule has 0 aromatic heterocycles. The summed E-state index contributed by atoms with van der Waals surface area (Å²) in [5.74, 6) is -1.42. The summed E-state index contributed by atoms with van der Waals surface area (Å²) in [4.78, 5) is 25.1. The summed E-state index contributed by atoms with van der Waals surface area (Å²) in [6.07, 6.45) is 0.478. The maximum absolute atomic E-state index is 12.2. The van der Waals surface area contributed by atoms with Crippen LogP contribution in [0.15, 0.2) is 66.7 Å². The first kappa shape index (κ1) is 23.3. The first-order valence-corrected chi connectivity index (χ1v) is 11.0. The molecule has 0 aliphatic heterocycles. The molecule has 3 aromatic carbocycles. The Kier molecular flexibility index (Phi) is 8.22. The topological polar surface area (TPSA) is 89.9 Å². The van der Waals surface area contributed by atoms with E-state index in [4.69, 9.17) is 5.11 Å². The lowest BCUT2D eigenvalue weighted by atomic mass is 10.1. The van der Waals surface area contributed by atoms with Crippen LogP contribution in [0.3, 0.4) is 0 Å². The first-order valence-electron chi connectivity index (χ1n) is 11.0. The van der Waals surface area contributed by atoms with Crippen molar-refractivity contribution in [1.29, 1.82) is 0 Å². The third-order valence-corrected chi connectivity index (χ3v) is 5.53. The number of aliphatic hydroxyl groups is 1. The Balaban J connectivity index is 1.53. The Hall–Kier alpha value is -3.38. The largest absolute Gasteiger partial charge is 0.481 e. The van der Waals surface area contributed by atoms with Crippen LogP contribution in [0.4, 0.5) is 5.69 Å². The fourth-order valence-corrected chi connectivity index (χ4v) is 3.80. The SMILES string of the molecule is CCN(CCCc1ccc(C(=O)NC(O)CCC(=O)O)cc1)c1cccc2ccccc12. The molecule has 32 heavy (non-hydrogen) atoms. The minimum atomic E-state index is -1.17. The van der Waals surface area contributed by atoms with E-state index in [0.29, 0.717) is 5.56 Å². The first-order chi connectivity index (χ1) is 15.5. The molecule has 1 unspecified atom stereocenters. The van der Waals surface area contributed by atoms with Crippen LogP contribution in [0.25, 0.3) is 10.8 Å². The molecule has 0 saturated heterocycles. The lowest BCUT2D eigenvalue weighted by Crippen LogP contribution is -2.34. The zero-order valence-electron chi connectivity index (χ0n) is 18.3. The van der Waals surface area contributed by atoms with Crippen molar-refractivity contribution >= 4 is 28.3 Å². The van der Waals surface area contributed by atoms with Crippen LogP contribution in [-0.2, 0) is 11.2 Å². The molecule has 0 radical (unpaired) electrons. The number of hydrogen-bond acceptors (Lipinski definition) is 4. The van der Waals surface area contributed by atoms with Gasteiger partial charge in [-0.05, 0) is 48.9 Å². The van der Waals surface area contributed by atoms with Crippen molar-refractivity contribution < 1.29 is 19.8 Å². The third kappa shape index (κ3) is 6.31. The number of hydrogen-bond donors (Lipinski definition) is 3. The lowest BCUT2D eigenvalue weighted by molar-refractivity contribution is -0.137. The van der Waals surface area contributed by atoms with Crippen LogP contribution in [0.2, 0.25) is 0 Å². The minimum Gasteiger partial charge on any atom is -0.481 e. The molecule has 3 N–H and O–H groups in total. The normalized spacial score (nSPS) is 11.8. The number of carboxylic acid groups (broad SMARTS) is 1. The molecule has 0 bridgehead atoms. The summed E-state index contributed by atoms with van der Waals surface area (Å²) in [5.41, 5.74) is 2.83. The molecule has 0 saturated carbocycles. The van der Waals surface area contributed by atoms with Gasteiger partial charge in [-0.15, -0.1) is 0 Å². The Bertz CT molecular complexity index is 1040. The molecule has 6 nitrogen and oxygen atoms in total. The van der Waals surface area contributed by atoms with E-state index in [2.05, 4.69) is 59.6 Å². The van der Waals surface area contributed by atoms with Gasteiger partial charge in [-0.1, -0.05) is 48.5 Å². The number of amides is 1. The van der Waals surface area contributed by atoms with Gasteiger partial charge in [0.25, 0.3) is 5.91 Å². The number of anilines is 1. The Labute approximate surface area is 188 Å². The van der Waals surface area contributed by atoms with Crippen molar-refractivity contribution in [1.82, 2.24) is 5.32 Å². The van der Waals surface area contributed by atoms with E-state index in [1.54, 1.807) is 12.1 Å². The van der Waals surface area contributed by atoms with Gasteiger partial charge >= 0.3 is 5.97 Å². The van der Waals surface area contributed by atoms with Gasteiger partial charge in [-0.25, -0.2) is 0 Å². The maximum Gasteiger partial charge on any atom is 0.303 e. The zero-order valence-corrected chi connectivity index (χ0v) is 18.3. The second kappa shape index (κ2) is 11.3. The summed E-state index contributed by atoms with van der Waals surface area (Å²) in [6, 6.07) is 22.1. The van der Waals surface area contributed by atoms with E-state index >= 15 is 0 Å². The highest BCUT2D eigenvalue weighted by molar-refractivity contribution is 5.95. The highest BCUT2D eigenvalue weighted by Crippen LogP contribution is 2.26. The molecule has 6 heteroatoms. The fourth-order valence-electron chi connectivity index (χ4n) is 3.80. The van der Waals surface area contributed by atoms with E-state index in [-0.39, 0.29) is 12.8 Å². The van der Waals surface area contributed by atoms with Gasteiger partial charge < -0.3 is 20.4 Å². The fraction of sp³-hybridized carbons (Fsp3) is 0.308. The molecular formula is C26H30N2O4. The van der Waals surface area contributed by atoms with E-state index < -0.39 is 18.1 Å². The van der Waals surface area contributed by atoms with Gasteiger partial charge in [0.05, 0.1) is 0 Å². The average molecular weight is 435 g/mol. The van der Waals surface area contributed by atoms with Crippen LogP contribution in [0, 0.1) is 0 Å². The Morgan fingerprint density at radius 2 is 1.72 bits per heavy atom. The average Bonchev–Trinajstić information content (AvgIpc) is 2.80. The second-order valence-corrected chi connectivity index (χ2v) is 7.80. The number of rotatable bonds is 11. The number of carbonyl (C=O) groups excluding carboxylic acids is 1. The van der Waals surface area contributed by atoms with Crippen LogP contribution in [-0.4, -0.2) is 41.4 Å². The maximum atomic E-state index is 12.2. The van der Waals surface area contributed by atoms with Crippen molar-refractivity contribution in [3.8, 4) is 0 Å². The predicted molar refractivity (Wildman–Crippen MR) is 127 cm³/mol. The van der Waals surface area contributed by atoms with Crippen molar-refractivity contribution in [2.24, 2.45) is 0 Å². The van der Waals surface area contributed by atoms with Gasteiger partial charge in [0.2, 0.25) is 0 Å². The van der Waals surface area contributed by atoms with Gasteiger partial charge in [0.1, 0.15) is 6.23 Å². The van der Waals surface area contributed by atoms with Gasteiger partial charge in [-0.3, -0.25) is 9.59 Å². The molecule has 168 valence electrons. The molecule has 1 amide bonds. The van der Waals surface area contributed by atoms with Gasteiger partial charge in [0.15, 0.2) is 0 Å². The summed E-state index contributed by atoms with van der Waals surface area (Å²) < 4.78 is 0. The number of carboxylic acids is 1. The summed E-state index contributed by atoms with van der Waals surface area (Å²) in [6.45, 7) is 4.03. The van der Waals surface area contributed by atoms with Gasteiger partial charge in [0, 0.05) is 42.6 Å². The molecule has 3 rings (SSSR count). The number of aliphatic carboxylic acids is 1. The molecule has 1 atom stereocenters. The molecule has 0 spiro atoms. The van der Waals surface area contributed by atoms with Crippen molar-refractivity contribution in [3.63, 3.8) is 0 Å². The molecule has 0 fully saturated rings. The summed E-state index contributed by atoms with van der Waals surface area (Å²) >= 11 is 0. The lowest BCUT2D eigenvalue weighted by Gasteiger charge is -2.25. The Morgan fingerprint density at radius 3 is 2.44 bits per heavy atom. The van der Waals surface area contributed by atoms with Crippen molar-refractivity contribution in [2.45, 2.75) is 38.8 Å². The van der Waals surface area contributed by atoms with E-state index in [0.717, 1.165) is 31.5 Å². The van der Waals surface area contributed by atoms with E-state index in [1.165, 1.54) is 16.5 Å². The Morgan fingerprint density at radius 1 is 1.00 bits per heavy atom. The molecule has 3 aromatic rings. The molecular weight excluding hydrogens is 404 g/mol. The number of carbonyl (C=O) groups is 2. The summed E-state index contributed by atoms with van der Waals surface area (Å²) in [7, 11) is 0. The second-order valence-electron chi connectivity index (χ2n) is 7.80. The number of aliphatic hydroxyl groups excluding tert-OH is 1. The molecule has 0 aliphatic rings. The molecule has 0 aliphatic carbocycles. The predicted octanol–water partition coefficient (Wildman–Crippen LogP) is 4.21. The van der Waals surface area contributed by atoms with Gasteiger partial charge in [-0.2, -0.15) is 0 Å². The van der Waals surface area contributed by atoms with Crippen LogP contribution < -0.4 is 10.2 Å². The van der Waals surface area contributed by atoms with Crippen molar-refractivity contribution in [3.05, 3.63) is 77.9 Å². The van der Waals surface area contributed by atoms with Crippen LogP contribution in [0.1, 0.15) is 42.1 Å². The standard InChI is InChI=1S/C26H30N2O4/c1-2-28(23-11-5-9-20-8-3-4-10-22(20)23)18-6-7-19-12-14-21(15-13-19)26(32)27-24(29)16-17-25(30)31/h3-5,8-15,24,29H,2,6-7,16-18H2,1H3,(H,27,32)(H,30,31). The highest BCUT2D eigenvalue weighted by atomic mass is 16.4. The number of benzene rings is 3. The minimum absolute atomic E-state index is 0.0240. The monoisotopic (exact) mass is 434 g/mol. The van der Waals surface area contributed by atoms with E-state index in [9.17, 15) is 14.7 Å². The number of aryl methyl sites for hydroxylation is 1. The number of nitrogens with zero attached hydrogens (tertiary/aromatic N) is 1. The smallest absolute Gasteiger partial charge is 0.303 e. The van der Waals surface area contributed by atoms with Crippen LogP contribution in [0.5, 0.6) is 0 Å². The quantitative estimate of drug-likeness (QED) is 0.393. The molecule has 0 heterocycles. The van der Waals surface area contributed by atoms with Crippen molar-refractivity contribution in [2.75, 3.05) is 18.0 Å². The third-order valence-electron chi connectivity index (χ3n) is 5.53. The number of nitrogens with one attached hydrogen (secondary N) is 1. The van der Waals surface area contributed by atoms with E-state index in [1.807, 2.05) is 12.1 Å². The highest BCUT2D eigenvalue weighted by Gasteiger charge is 2.13. The zero-order chi connectivity index (χ0) is 22.9. The summed E-state index contributed by atoms with van der Waals surface area (Å²) in [5, 5.41) is 23.3.